The van der Waals surface area contributed by atoms with Crippen molar-refractivity contribution in [2.75, 3.05) is 11.1 Å². The topological polar surface area (TPSA) is 38.0 Å². The Bertz CT molecular complexity index is 524. The van der Waals surface area contributed by atoms with Gasteiger partial charge in [-0.25, -0.2) is 0 Å². The quantitative estimate of drug-likeness (QED) is 0.761. The van der Waals surface area contributed by atoms with Crippen molar-refractivity contribution >= 4 is 17.1 Å². The van der Waals surface area contributed by atoms with Crippen LogP contribution in [-0.2, 0) is 0 Å². The summed E-state index contributed by atoms with van der Waals surface area (Å²) in [6.07, 6.45) is 0. The lowest BCUT2D eigenvalue weighted by molar-refractivity contribution is 1.37. The predicted octanol–water partition coefficient (Wildman–Crippen LogP) is 3.94. The van der Waals surface area contributed by atoms with Crippen LogP contribution in [0, 0.1) is 20.8 Å². The van der Waals surface area contributed by atoms with Gasteiger partial charge in [-0.05, 0) is 61.7 Å². The Morgan fingerprint density at radius 1 is 0.824 bits per heavy atom. The second-order valence-corrected chi connectivity index (χ2v) is 4.59. The van der Waals surface area contributed by atoms with Crippen molar-refractivity contribution in [1.82, 2.24) is 0 Å². The van der Waals surface area contributed by atoms with Gasteiger partial charge in [-0.2, -0.15) is 0 Å². The summed E-state index contributed by atoms with van der Waals surface area (Å²) in [7, 11) is 0. The van der Waals surface area contributed by atoms with Crippen molar-refractivity contribution in [2.45, 2.75) is 20.8 Å². The molecular formula is C15H18N2. The predicted molar refractivity (Wildman–Crippen MR) is 74.8 cm³/mol. The molecular weight excluding hydrogens is 208 g/mol. The summed E-state index contributed by atoms with van der Waals surface area (Å²) in [5.41, 5.74) is 12.5. The molecule has 2 heteroatoms. The summed E-state index contributed by atoms with van der Waals surface area (Å²) in [5.74, 6) is 0. The monoisotopic (exact) mass is 226 g/mol. The third-order valence-electron chi connectivity index (χ3n) is 2.71. The number of anilines is 3. The molecule has 88 valence electrons. The third kappa shape index (κ3) is 2.78. The molecule has 0 aliphatic carbocycles. The Balaban J connectivity index is 2.34. The molecule has 0 spiro atoms. The standard InChI is InChI=1S/C15H18N2/c1-10-4-5-14(16)15(9-10)17-13-7-11(2)6-12(3)8-13/h4-9,17H,16H2,1-3H3. The molecule has 0 aromatic heterocycles. The molecule has 2 aromatic rings. The van der Waals surface area contributed by atoms with Gasteiger partial charge >= 0.3 is 0 Å². The molecule has 0 saturated carbocycles. The molecule has 3 N–H and O–H groups in total. The molecule has 0 aliphatic heterocycles. The maximum absolute atomic E-state index is 5.95. The number of aryl methyl sites for hydroxylation is 3. The highest BCUT2D eigenvalue weighted by atomic mass is 14.9. The maximum Gasteiger partial charge on any atom is 0.0620 e. The minimum atomic E-state index is 0.773. The van der Waals surface area contributed by atoms with Crippen molar-refractivity contribution in [3.05, 3.63) is 53.1 Å². The van der Waals surface area contributed by atoms with Gasteiger partial charge in [0.1, 0.15) is 0 Å². The molecule has 17 heavy (non-hydrogen) atoms. The van der Waals surface area contributed by atoms with E-state index in [1.165, 1.54) is 16.7 Å². The van der Waals surface area contributed by atoms with Crippen LogP contribution in [0.4, 0.5) is 17.1 Å². The number of hydrogen-bond donors (Lipinski definition) is 2. The number of rotatable bonds is 2. The number of nitrogens with one attached hydrogen (secondary N) is 1. The summed E-state index contributed by atoms with van der Waals surface area (Å²) >= 11 is 0. The van der Waals surface area contributed by atoms with E-state index in [4.69, 9.17) is 5.73 Å². The van der Waals surface area contributed by atoms with E-state index in [1.807, 2.05) is 12.1 Å². The summed E-state index contributed by atoms with van der Waals surface area (Å²) < 4.78 is 0. The highest BCUT2D eigenvalue weighted by molar-refractivity contribution is 5.73. The lowest BCUT2D eigenvalue weighted by atomic mass is 10.1. The number of nitrogen functional groups attached to an aromatic ring is 1. The first-order valence-corrected chi connectivity index (χ1v) is 5.76. The summed E-state index contributed by atoms with van der Waals surface area (Å²) in [5, 5.41) is 3.37. The Kier molecular flexibility index (Phi) is 3.05. The summed E-state index contributed by atoms with van der Waals surface area (Å²) in [4.78, 5) is 0. The zero-order valence-corrected chi connectivity index (χ0v) is 10.5. The zero-order chi connectivity index (χ0) is 12.4. The van der Waals surface area contributed by atoms with Crippen LogP contribution >= 0.6 is 0 Å². The van der Waals surface area contributed by atoms with Crippen molar-refractivity contribution in [1.29, 1.82) is 0 Å². The Morgan fingerprint density at radius 2 is 1.47 bits per heavy atom. The first-order chi connectivity index (χ1) is 8.04. The molecule has 0 fully saturated rings. The second kappa shape index (κ2) is 4.50. The van der Waals surface area contributed by atoms with Gasteiger partial charge in [0, 0.05) is 5.69 Å². The van der Waals surface area contributed by atoms with Crippen LogP contribution in [0.2, 0.25) is 0 Å². The van der Waals surface area contributed by atoms with Crippen molar-refractivity contribution in [3.63, 3.8) is 0 Å². The number of nitrogens with two attached hydrogens (primary N) is 1. The lowest BCUT2D eigenvalue weighted by Gasteiger charge is -2.11. The molecule has 0 unspecified atom stereocenters. The minimum Gasteiger partial charge on any atom is -0.397 e. The molecule has 0 radical (unpaired) electrons. The van der Waals surface area contributed by atoms with E-state index in [2.05, 4.69) is 50.4 Å². The Labute approximate surface area is 102 Å². The molecule has 2 aromatic carbocycles. The van der Waals surface area contributed by atoms with Crippen molar-refractivity contribution in [2.24, 2.45) is 0 Å². The van der Waals surface area contributed by atoms with Gasteiger partial charge in [-0.1, -0.05) is 12.1 Å². The van der Waals surface area contributed by atoms with Crippen LogP contribution in [0.25, 0.3) is 0 Å². The first-order valence-electron chi connectivity index (χ1n) is 5.76. The molecule has 0 saturated heterocycles. The van der Waals surface area contributed by atoms with E-state index in [1.54, 1.807) is 0 Å². The molecule has 0 atom stereocenters. The highest BCUT2D eigenvalue weighted by Crippen LogP contribution is 2.25. The Hall–Kier alpha value is -1.96. The van der Waals surface area contributed by atoms with Gasteiger partial charge in [-0.15, -0.1) is 0 Å². The van der Waals surface area contributed by atoms with Crippen LogP contribution < -0.4 is 11.1 Å². The van der Waals surface area contributed by atoms with Gasteiger partial charge in [0.25, 0.3) is 0 Å². The fourth-order valence-electron chi connectivity index (χ4n) is 1.98. The van der Waals surface area contributed by atoms with Gasteiger partial charge in [0.05, 0.1) is 11.4 Å². The minimum absolute atomic E-state index is 0.773. The molecule has 0 amide bonds. The molecule has 0 bridgehead atoms. The van der Waals surface area contributed by atoms with E-state index in [0.29, 0.717) is 0 Å². The van der Waals surface area contributed by atoms with E-state index in [-0.39, 0.29) is 0 Å². The van der Waals surface area contributed by atoms with E-state index in [0.717, 1.165) is 17.1 Å². The van der Waals surface area contributed by atoms with Gasteiger partial charge in [-0.3, -0.25) is 0 Å². The van der Waals surface area contributed by atoms with Gasteiger partial charge in [0.2, 0.25) is 0 Å². The smallest absolute Gasteiger partial charge is 0.0620 e. The van der Waals surface area contributed by atoms with Crippen molar-refractivity contribution < 1.29 is 0 Å². The summed E-state index contributed by atoms with van der Waals surface area (Å²) in [6.45, 7) is 6.25. The van der Waals surface area contributed by atoms with Crippen molar-refractivity contribution in [3.8, 4) is 0 Å². The average Bonchev–Trinajstić information content (AvgIpc) is 2.22. The van der Waals surface area contributed by atoms with Crippen LogP contribution in [0.1, 0.15) is 16.7 Å². The van der Waals surface area contributed by atoms with Crippen LogP contribution in [0.15, 0.2) is 36.4 Å². The highest BCUT2D eigenvalue weighted by Gasteiger charge is 2.01. The van der Waals surface area contributed by atoms with Crippen LogP contribution in [0.3, 0.4) is 0 Å². The van der Waals surface area contributed by atoms with E-state index >= 15 is 0 Å². The lowest BCUT2D eigenvalue weighted by Crippen LogP contribution is -1.97. The van der Waals surface area contributed by atoms with Crippen LogP contribution in [0.5, 0.6) is 0 Å². The molecule has 2 nitrogen and oxygen atoms in total. The van der Waals surface area contributed by atoms with Gasteiger partial charge < -0.3 is 11.1 Å². The largest absolute Gasteiger partial charge is 0.397 e. The number of hydrogen-bond acceptors (Lipinski definition) is 2. The molecule has 0 heterocycles. The molecule has 2 rings (SSSR count). The maximum atomic E-state index is 5.95. The fraction of sp³-hybridized carbons (Fsp3) is 0.200. The number of benzene rings is 2. The SMILES string of the molecule is Cc1cc(C)cc(Nc2cc(C)ccc2N)c1. The first kappa shape index (κ1) is 11.5. The second-order valence-electron chi connectivity index (χ2n) is 4.59. The summed E-state index contributed by atoms with van der Waals surface area (Å²) in [6, 6.07) is 12.4. The Morgan fingerprint density at radius 3 is 2.12 bits per heavy atom. The van der Waals surface area contributed by atoms with Gasteiger partial charge in [0.15, 0.2) is 0 Å². The van der Waals surface area contributed by atoms with E-state index in [9.17, 15) is 0 Å². The zero-order valence-electron chi connectivity index (χ0n) is 10.5. The molecule has 0 aliphatic rings. The van der Waals surface area contributed by atoms with E-state index < -0.39 is 0 Å². The average molecular weight is 226 g/mol. The van der Waals surface area contributed by atoms with Crippen LogP contribution in [-0.4, -0.2) is 0 Å². The normalized spacial score (nSPS) is 10.3. The third-order valence-corrected chi connectivity index (χ3v) is 2.71. The fourth-order valence-corrected chi connectivity index (χ4v) is 1.98.